The van der Waals surface area contributed by atoms with Gasteiger partial charge in [0.2, 0.25) is 0 Å². The average molecular weight is 419 g/mol. The van der Waals surface area contributed by atoms with Gasteiger partial charge in [0.1, 0.15) is 0 Å². The van der Waals surface area contributed by atoms with E-state index in [0.717, 1.165) is 6.42 Å². The van der Waals surface area contributed by atoms with E-state index in [0.29, 0.717) is 0 Å². The number of benzene rings is 2. The molecule has 0 aliphatic rings. The third kappa shape index (κ3) is 3.73. The van der Waals surface area contributed by atoms with Crippen LogP contribution in [0.2, 0.25) is 0 Å². The first kappa shape index (κ1) is 13.4. The van der Waals surface area contributed by atoms with E-state index in [2.05, 4.69) is 87.9 Å². The van der Waals surface area contributed by atoms with Gasteiger partial charge in [0.25, 0.3) is 0 Å². The molecule has 88 valence electrons. The molecule has 0 aliphatic heterocycles. The first-order valence-electron chi connectivity index (χ1n) is 5.41. The Morgan fingerprint density at radius 3 is 2.29 bits per heavy atom. The smallest absolute Gasteiger partial charge is 0.0218 e. The fourth-order valence-corrected chi connectivity index (χ4v) is 3.54. The van der Waals surface area contributed by atoms with Crippen LogP contribution in [0.1, 0.15) is 12.5 Å². The molecule has 0 heterocycles. The summed E-state index contributed by atoms with van der Waals surface area (Å²) < 4.78 is 2.48. The van der Waals surface area contributed by atoms with Crippen molar-refractivity contribution in [3.8, 4) is 0 Å². The summed E-state index contributed by atoms with van der Waals surface area (Å²) in [4.78, 5) is 2.55. The molecule has 0 nitrogen and oxygen atoms in total. The molecule has 0 aliphatic carbocycles. The van der Waals surface area contributed by atoms with Crippen molar-refractivity contribution in [1.82, 2.24) is 0 Å². The SMILES string of the molecule is CCc1ccc(Sc2ccc(I)cc2)cc1Br. The Morgan fingerprint density at radius 2 is 1.71 bits per heavy atom. The maximum Gasteiger partial charge on any atom is 0.0218 e. The monoisotopic (exact) mass is 418 g/mol. The second-order valence-electron chi connectivity index (χ2n) is 3.66. The zero-order valence-electron chi connectivity index (χ0n) is 9.41. The van der Waals surface area contributed by atoms with Gasteiger partial charge in [-0.2, -0.15) is 0 Å². The van der Waals surface area contributed by atoms with E-state index in [-0.39, 0.29) is 0 Å². The molecule has 2 rings (SSSR count). The number of aryl methyl sites for hydroxylation is 1. The highest BCUT2D eigenvalue weighted by atomic mass is 127. The second-order valence-corrected chi connectivity index (χ2v) is 6.91. The lowest BCUT2D eigenvalue weighted by atomic mass is 10.2. The Bertz CT molecular complexity index is 508. The minimum atomic E-state index is 1.06. The van der Waals surface area contributed by atoms with Crippen LogP contribution in [-0.4, -0.2) is 0 Å². The summed E-state index contributed by atoms with van der Waals surface area (Å²) in [6.45, 7) is 2.17. The van der Waals surface area contributed by atoms with Crippen molar-refractivity contribution < 1.29 is 0 Å². The van der Waals surface area contributed by atoms with Crippen LogP contribution in [0, 0.1) is 3.57 Å². The van der Waals surface area contributed by atoms with Crippen molar-refractivity contribution in [3.63, 3.8) is 0 Å². The molecule has 0 fully saturated rings. The van der Waals surface area contributed by atoms with Crippen LogP contribution in [0.15, 0.2) is 56.7 Å². The molecule has 17 heavy (non-hydrogen) atoms. The Hall–Kier alpha value is -0.000000000000000111. The molecule has 3 heteroatoms. The van der Waals surface area contributed by atoms with Gasteiger partial charge in [-0.1, -0.05) is 40.7 Å². The standard InChI is InChI=1S/C14H12BrIS/c1-2-10-3-6-13(9-14(10)15)17-12-7-4-11(16)5-8-12/h3-9H,2H2,1H3. The third-order valence-electron chi connectivity index (χ3n) is 2.45. The zero-order valence-corrected chi connectivity index (χ0v) is 14.0. The fourth-order valence-electron chi connectivity index (χ4n) is 1.52. The average Bonchev–Trinajstić information content (AvgIpc) is 2.32. The van der Waals surface area contributed by atoms with Crippen LogP contribution in [0.4, 0.5) is 0 Å². The predicted molar refractivity (Wildman–Crippen MR) is 86.8 cm³/mol. The molecular weight excluding hydrogens is 407 g/mol. The molecule has 0 bridgehead atoms. The first-order chi connectivity index (χ1) is 8.19. The van der Waals surface area contributed by atoms with Gasteiger partial charge in [0, 0.05) is 17.8 Å². The summed E-state index contributed by atoms with van der Waals surface area (Å²) in [7, 11) is 0. The zero-order chi connectivity index (χ0) is 12.3. The van der Waals surface area contributed by atoms with E-state index in [1.807, 2.05) is 0 Å². The fraction of sp³-hybridized carbons (Fsp3) is 0.143. The lowest BCUT2D eigenvalue weighted by molar-refractivity contribution is 1.12. The molecule has 0 radical (unpaired) electrons. The molecule has 2 aromatic carbocycles. The van der Waals surface area contributed by atoms with Gasteiger partial charge in [0.05, 0.1) is 0 Å². The molecule has 0 aromatic heterocycles. The summed E-state index contributed by atoms with van der Waals surface area (Å²) in [5, 5.41) is 0. The van der Waals surface area contributed by atoms with Crippen molar-refractivity contribution in [2.24, 2.45) is 0 Å². The van der Waals surface area contributed by atoms with Crippen LogP contribution in [0.25, 0.3) is 0 Å². The first-order valence-corrected chi connectivity index (χ1v) is 8.09. The van der Waals surface area contributed by atoms with Crippen LogP contribution in [-0.2, 0) is 6.42 Å². The van der Waals surface area contributed by atoms with E-state index in [1.54, 1.807) is 11.8 Å². The Labute approximate surface area is 128 Å². The maximum atomic E-state index is 3.62. The molecule has 0 saturated carbocycles. The van der Waals surface area contributed by atoms with Crippen molar-refractivity contribution in [3.05, 3.63) is 56.1 Å². The van der Waals surface area contributed by atoms with Gasteiger partial charge in [-0.05, 0) is 71.0 Å². The molecule has 0 atom stereocenters. The van der Waals surface area contributed by atoms with Crippen molar-refractivity contribution in [1.29, 1.82) is 0 Å². The molecule has 0 amide bonds. The van der Waals surface area contributed by atoms with Gasteiger partial charge in [-0.3, -0.25) is 0 Å². The van der Waals surface area contributed by atoms with Gasteiger partial charge in [-0.25, -0.2) is 0 Å². The lowest BCUT2D eigenvalue weighted by Gasteiger charge is -2.05. The normalized spacial score (nSPS) is 10.5. The van der Waals surface area contributed by atoms with Crippen LogP contribution >= 0.6 is 50.3 Å². The lowest BCUT2D eigenvalue weighted by Crippen LogP contribution is -1.83. The Kier molecular flexibility index (Phi) is 4.94. The van der Waals surface area contributed by atoms with E-state index < -0.39 is 0 Å². The van der Waals surface area contributed by atoms with Gasteiger partial charge < -0.3 is 0 Å². The number of hydrogen-bond acceptors (Lipinski definition) is 1. The van der Waals surface area contributed by atoms with E-state index in [9.17, 15) is 0 Å². The predicted octanol–water partition coefficient (Wildman–Crippen LogP) is 5.77. The molecule has 0 N–H and O–H groups in total. The molecule has 0 unspecified atom stereocenters. The molecule has 0 saturated heterocycles. The summed E-state index contributed by atoms with van der Waals surface area (Å²) in [5.41, 5.74) is 1.36. The number of hydrogen-bond donors (Lipinski definition) is 0. The van der Waals surface area contributed by atoms with E-state index >= 15 is 0 Å². The third-order valence-corrected chi connectivity index (χ3v) is 4.91. The summed E-state index contributed by atoms with van der Waals surface area (Å²) in [6.07, 6.45) is 1.06. The highest BCUT2D eigenvalue weighted by Crippen LogP contribution is 2.31. The topological polar surface area (TPSA) is 0 Å². The molecular formula is C14H12BrIS. The van der Waals surface area contributed by atoms with Gasteiger partial charge >= 0.3 is 0 Å². The maximum absolute atomic E-state index is 3.62. The van der Waals surface area contributed by atoms with Crippen molar-refractivity contribution >= 4 is 50.3 Å². The minimum absolute atomic E-state index is 1.06. The van der Waals surface area contributed by atoms with E-state index in [1.165, 1.54) is 23.4 Å². The van der Waals surface area contributed by atoms with Crippen LogP contribution < -0.4 is 0 Å². The second kappa shape index (κ2) is 6.25. The Morgan fingerprint density at radius 1 is 1.06 bits per heavy atom. The largest absolute Gasteiger partial charge is 0.0901 e. The summed E-state index contributed by atoms with van der Waals surface area (Å²) in [5.74, 6) is 0. The minimum Gasteiger partial charge on any atom is -0.0901 e. The van der Waals surface area contributed by atoms with Gasteiger partial charge in [0.15, 0.2) is 0 Å². The van der Waals surface area contributed by atoms with Crippen molar-refractivity contribution in [2.75, 3.05) is 0 Å². The number of halogens is 2. The van der Waals surface area contributed by atoms with E-state index in [4.69, 9.17) is 0 Å². The van der Waals surface area contributed by atoms with Gasteiger partial charge in [-0.15, -0.1) is 0 Å². The number of rotatable bonds is 3. The highest BCUT2D eigenvalue weighted by Gasteiger charge is 2.01. The van der Waals surface area contributed by atoms with Crippen LogP contribution in [0.5, 0.6) is 0 Å². The summed E-state index contributed by atoms with van der Waals surface area (Å²) in [6, 6.07) is 15.2. The van der Waals surface area contributed by atoms with Crippen molar-refractivity contribution in [2.45, 2.75) is 23.1 Å². The highest BCUT2D eigenvalue weighted by molar-refractivity contribution is 14.1. The molecule has 0 spiro atoms. The Balaban J connectivity index is 2.19. The van der Waals surface area contributed by atoms with Crippen LogP contribution in [0.3, 0.4) is 0 Å². The summed E-state index contributed by atoms with van der Waals surface area (Å²) >= 11 is 7.74. The quantitative estimate of drug-likeness (QED) is 0.570. The molecule has 2 aromatic rings.